The van der Waals surface area contributed by atoms with Crippen molar-refractivity contribution in [1.82, 2.24) is 14.7 Å². The molecule has 160 valence electrons. The van der Waals surface area contributed by atoms with Gasteiger partial charge in [0.05, 0.1) is 22.9 Å². The van der Waals surface area contributed by atoms with Crippen molar-refractivity contribution < 1.29 is 13.2 Å². The summed E-state index contributed by atoms with van der Waals surface area (Å²) in [6.07, 6.45) is 5.53. The summed E-state index contributed by atoms with van der Waals surface area (Å²) in [5, 5.41) is 5.35. The first-order valence-electron chi connectivity index (χ1n) is 9.89. The number of sulfone groups is 1. The summed E-state index contributed by atoms with van der Waals surface area (Å²) in [5.41, 5.74) is 3.26. The number of amides is 1. The van der Waals surface area contributed by atoms with Crippen molar-refractivity contribution in [2.45, 2.75) is 12.5 Å². The minimum absolute atomic E-state index is 0.0189. The lowest BCUT2D eigenvalue weighted by atomic mass is 10.1. The van der Waals surface area contributed by atoms with Crippen molar-refractivity contribution in [2.75, 3.05) is 18.6 Å². The predicted molar refractivity (Wildman–Crippen MR) is 123 cm³/mol. The molecule has 31 heavy (non-hydrogen) atoms. The zero-order chi connectivity index (χ0) is 22.0. The van der Waals surface area contributed by atoms with Crippen molar-refractivity contribution in [3.05, 3.63) is 77.5 Å². The lowest BCUT2D eigenvalue weighted by molar-refractivity contribution is -0.126. The number of carbonyl (C=O) groups is 1. The molecule has 1 atom stereocenters. The molecule has 3 aromatic rings. The van der Waals surface area contributed by atoms with Crippen LogP contribution in [0.3, 0.4) is 0 Å². The lowest BCUT2D eigenvalue weighted by Crippen LogP contribution is -2.36. The fraction of sp³-hybridized carbons (Fsp3) is 0.217. The highest BCUT2D eigenvalue weighted by molar-refractivity contribution is 7.91. The SMILES string of the molecule is CN(C(=O)/C=C/c1cn(-c2ccccc2)nc1-c1ccc(Cl)cc1)C1CCS(=O)(=O)C1. The lowest BCUT2D eigenvalue weighted by Gasteiger charge is -2.21. The van der Waals surface area contributed by atoms with E-state index >= 15 is 0 Å². The Bertz CT molecular complexity index is 1220. The van der Waals surface area contributed by atoms with E-state index in [2.05, 4.69) is 0 Å². The zero-order valence-corrected chi connectivity index (χ0v) is 18.6. The molecule has 0 radical (unpaired) electrons. The molecule has 2 heterocycles. The first kappa shape index (κ1) is 21.3. The van der Waals surface area contributed by atoms with Crippen LogP contribution in [0, 0.1) is 0 Å². The first-order valence-corrected chi connectivity index (χ1v) is 12.1. The van der Waals surface area contributed by atoms with Crippen LogP contribution in [0.15, 0.2) is 66.9 Å². The molecule has 4 rings (SSSR count). The number of hydrogen-bond acceptors (Lipinski definition) is 4. The van der Waals surface area contributed by atoms with Gasteiger partial charge in [0, 0.05) is 41.5 Å². The predicted octanol–water partition coefficient (Wildman–Crippen LogP) is 3.85. The smallest absolute Gasteiger partial charge is 0.246 e. The number of carbonyl (C=O) groups excluding carboxylic acids is 1. The van der Waals surface area contributed by atoms with Gasteiger partial charge >= 0.3 is 0 Å². The summed E-state index contributed by atoms with van der Waals surface area (Å²) in [4.78, 5) is 14.2. The van der Waals surface area contributed by atoms with E-state index in [0.29, 0.717) is 11.4 Å². The van der Waals surface area contributed by atoms with Crippen molar-refractivity contribution in [3.8, 4) is 16.9 Å². The van der Waals surface area contributed by atoms with Crippen LogP contribution < -0.4 is 0 Å². The molecule has 6 nitrogen and oxygen atoms in total. The van der Waals surface area contributed by atoms with E-state index in [-0.39, 0.29) is 23.5 Å². The van der Waals surface area contributed by atoms with Gasteiger partial charge in [-0.25, -0.2) is 13.1 Å². The van der Waals surface area contributed by atoms with Crippen molar-refractivity contribution in [2.24, 2.45) is 0 Å². The molecule has 1 fully saturated rings. The van der Waals surface area contributed by atoms with Crippen LogP contribution in [0.4, 0.5) is 0 Å². The van der Waals surface area contributed by atoms with Crippen LogP contribution in [0.2, 0.25) is 5.02 Å². The summed E-state index contributed by atoms with van der Waals surface area (Å²) in [6.45, 7) is 0. The minimum atomic E-state index is -3.06. The number of nitrogens with zero attached hydrogens (tertiary/aromatic N) is 3. The maximum absolute atomic E-state index is 12.7. The molecule has 8 heteroatoms. The summed E-state index contributed by atoms with van der Waals surface area (Å²) < 4.78 is 25.2. The highest BCUT2D eigenvalue weighted by Gasteiger charge is 2.32. The molecule has 1 saturated heterocycles. The van der Waals surface area contributed by atoms with Gasteiger partial charge in [0.2, 0.25) is 5.91 Å². The van der Waals surface area contributed by atoms with E-state index < -0.39 is 9.84 Å². The van der Waals surface area contributed by atoms with Gasteiger partial charge in [-0.15, -0.1) is 0 Å². The fourth-order valence-corrected chi connectivity index (χ4v) is 5.49. The number of likely N-dealkylation sites (N-methyl/N-ethyl adjacent to an activating group) is 1. The van der Waals surface area contributed by atoms with E-state index in [9.17, 15) is 13.2 Å². The maximum Gasteiger partial charge on any atom is 0.246 e. The molecule has 0 spiro atoms. The number of benzene rings is 2. The molecule has 0 aliphatic carbocycles. The average Bonchev–Trinajstić information content (AvgIpc) is 3.36. The van der Waals surface area contributed by atoms with E-state index in [1.54, 1.807) is 29.9 Å². The number of para-hydroxylation sites is 1. The summed E-state index contributed by atoms with van der Waals surface area (Å²) in [6, 6.07) is 16.8. The molecule has 1 aromatic heterocycles. The van der Waals surface area contributed by atoms with Crippen LogP contribution in [0.5, 0.6) is 0 Å². The second kappa shape index (κ2) is 8.69. The van der Waals surface area contributed by atoms with Gasteiger partial charge < -0.3 is 4.90 Å². The highest BCUT2D eigenvalue weighted by atomic mass is 35.5. The van der Waals surface area contributed by atoms with Crippen molar-refractivity contribution >= 4 is 33.4 Å². The van der Waals surface area contributed by atoms with Crippen molar-refractivity contribution in [1.29, 1.82) is 0 Å². The Kier molecular flexibility index (Phi) is 5.98. The monoisotopic (exact) mass is 455 g/mol. The fourth-order valence-electron chi connectivity index (χ4n) is 3.59. The molecule has 1 aliphatic heterocycles. The third kappa shape index (κ3) is 4.89. The van der Waals surface area contributed by atoms with Gasteiger partial charge in [0.1, 0.15) is 0 Å². The molecule has 2 aromatic carbocycles. The summed E-state index contributed by atoms with van der Waals surface area (Å²) in [5.74, 6) is -0.0918. The summed E-state index contributed by atoms with van der Waals surface area (Å²) >= 11 is 6.03. The molecule has 1 unspecified atom stereocenters. The Morgan fingerprint density at radius 3 is 2.52 bits per heavy atom. The third-order valence-corrected chi connectivity index (χ3v) is 7.39. The van der Waals surface area contributed by atoms with E-state index in [1.807, 2.05) is 48.7 Å². The number of hydrogen-bond donors (Lipinski definition) is 0. The van der Waals surface area contributed by atoms with Gasteiger partial charge in [-0.05, 0) is 36.8 Å². The molecule has 0 saturated carbocycles. The Hall–Kier alpha value is -2.90. The standard InChI is InChI=1S/C23H22ClN3O3S/c1-26(21-13-14-31(29,30)16-21)22(28)12-9-18-15-27(20-5-3-2-4-6-20)25-23(18)17-7-10-19(24)11-8-17/h2-12,15,21H,13-14,16H2,1H3/b12-9+. The Balaban J connectivity index is 1.64. The first-order chi connectivity index (χ1) is 14.8. The van der Waals surface area contributed by atoms with Gasteiger partial charge in [-0.3, -0.25) is 4.79 Å². The van der Waals surface area contributed by atoms with Crippen molar-refractivity contribution in [3.63, 3.8) is 0 Å². The van der Waals surface area contributed by atoms with Gasteiger partial charge in [-0.1, -0.05) is 41.9 Å². The molecular weight excluding hydrogens is 434 g/mol. The molecule has 0 bridgehead atoms. The number of rotatable bonds is 5. The number of aromatic nitrogens is 2. The second-order valence-corrected chi connectivity index (χ2v) is 10.2. The largest absolute Gasteiger partial charge is 0.338 e. The topological polar surface area (TPSA) is 72.3 Å². The van der Waals surface area contributed by atoms with Crippen LogP contribution in [-0.2, 0) is 14.6 Å². The molecule has 0 N–H and O–H groups in total. The Morgan fingerprint density at radius 1 is 1.16 bits per heavy atom. The zero-order valence-electron chi connectivity index (χ0n) is 17.0. The molecular formula is C23H22ClN3O3S. The quantitative estimate of drug-likeness (QED) is 0.548. The minimum Gasteiger partial charge on any atom is -0.338 e. The normalized spacial score (nSPS) is 17.8. The summed E-state index contributed by atoms with van der Waals surface area (Å²) in [7, 11) is -1.41. The maximum atomic E-state index is 12.7. The van der Waals surface area contributed by atoms with E-state index in [1.165, 1.54) is 11.0 Å². The Morgan fingerprint density at radius 2 is 1.87 bits per heavy atom. The van der Waals surface area contributed by atoms with Gasteiger partial charge in [0.25, 0.3) is 0 Å². The van der Waals surface area contributed by atoms with E-state index in [0.717, 1.165) is 22.5 Å². The van der Waals surface area contributed by atoms with Crippen LogP contribution >= 0.6 is 11.6 Å². The second-order valence-electron chi connectivity index (χ2n) is 7.56. The van der Waals surface area contributed by atoms with E-state index in [4.69, 9.17) is 16.7 Å². The average molecular weight is 456 g/mol. The number of halogens is 1. The van der Waals surface area contributed by atoms with Crippen LogP contribution in [0.1, 0.15) is 12.0 Å². The van der Waals surface area contributed by atoms with Gasteiger partial charge in [-0.2, -0.15) is 5.10 Å². The van der Waals surface area contributed by atoms with Gasteiger partial charge in [0.15, 0.2) is 9.84 Å². The third-order valence-electron chi connectivity index (χ3n) is 5.39. The van der Waals surface area contributed by atoms with Crippen LogP contribution in [0.25, 0.3) is 23.0 Å². The molecule has 1 aliphatic rings. The highest BCUT2D eigenvalue weighted by Crippen LogP contribution is 2.26. The van der Waals surface area contributed by atoms with Crippen LogP contribution in [-0.4, -0.2) is 53.6 Å². The Labute approximate surface area is 186 Å². The molecule has 1 amide bonds.